The fraction of sp³-hybridized carbons (Fsp3) is 0.381. The highest BCUT2D eigenvalue weighted by molar-refractivity contribution is 5.80. The van der Waals surface area contributed by atoms with Crippen LogP contribution in [0.3, 0.4) is 0 Å². The summed E-state index contributed by atoms with van der Waals surface area (Å²) in [6, 6.07) is 7.98. The molecule has 0 radical (unpaired) electrons. The molecule has 0 bridgehead atoms. The number of fused-ring (bicyclic) bond motifs is 1. The van der Waals surface area contributed by atoms with Crippen LogP contribution in [0.5, 0.6) is 5.75 Å². The molecule has 7 heteroatoms. The third kappa shape index (κ3) is 4.78. The number of guanidine groups is 1. The maximum absolute atomic E-state index is 13.8. The molecule has 1 heterocycles. The van der Waals surface area contributed by atoms with Gasteiger partial charge in [-0.15, -0.1) is 0 Å². The van der Waals surface area contributed by atoms with Gasteiger partial charge in [0.25, 0.3) is 0 Å². The molecule has 3 rings (SSSR count). The monoisotopic (exact) mass is 389 g/mol. The van der Waals surface area contributed by atoms with E-state index >= 15 is 0 Å². The lowest BCUT2D eigenvalue weighted by Crippen LogP contribution is -2.39. The molecule has 0 fully saturated rings. The molecular weight excluding hydrogens is 364 g/mol. The van der Waals surface area contributed by atoms with Gasteiger partial charge in [0.2, 0.25) is 0 Å². The molecule has 1 aliphatic rings. The molecule has 0 saturated carbocycles. The van der Waals surface area contributed by atoms with Crippen LogP contribution in [0.1, 0.15) is 35.2 Å². The third-order valence-electron chi connectivity index (χ3n) is 4.71. The van der Waals surface area contributed by atoms with E-state index in [1.54, 1.807) is 20.0 Å². The molecule has 1 atom stereocenters. The number of hydrogen-bond acceptors (Lipinski definition) is 3. The lowest BCUT2D eigenvalue weighted by Gasteiger charge is -2.22. The van der Waals surface area contributed by atoms with E-state index in [4.69, 9.17) is 9.47 Å². The zero-order chi connectivity index (χ0) is 20.1. The summed E-state index contributed by atoms with van der Waals surface area (Å²) >= 11 is 0. The predicted molar refractivity (Wildman–Crippen MR) is 104 cm³/mol. The minimum atomic E-state index is -0.305. The number of aryl methyl sites for hydroxylation is 1. The number of hydrogen-bond donors (Lipinski definition) is 2. The lowest BCUT2D eigenvalue weighted by atomic mass is 10.1. The van der Waals surface area contributed by atoms with Gasteiger partial charge in [-0.05, 0) is 55.2 Å². The topological polar surface area (TPSA) is 54.9 Å². The van der Waals surface area contributed by atoms with Gasteiger partial charge in [-0.1, -0.05) is 12.1 Å². The molecule has 0 aromatic heterocycles. The van der Waals surface area contributed by atoms with Crippen molar-refractivity contribution in [1.29, 1.82) is 0 Å². The van der Waals surface area contributed by atoms with Crippen LogP contribution >= 0.6 is 0 Å². The number of aliphatic imine (C=N–C) groups is 1. The standard InChI is InChI=1S/C21H25F2N3O2/c1-13-4-5-15(10-19(13)23)14(2)26-21(24-3)25-7-6-16-8-18(22)9-17-11-27-12-28-20(16)17/h4-5,8-10,14H,6-7,11-12H2,1-3H3,(H2,24,25,26). The van der Waals surface area contributed by atoms with E-state index in [9.17, 15) is 8.78 Å². The van der Waals surface area contributed by atoms with Crippen LogP contribution in [0.4, 0.5) is 8.78 Å². The molecule has 2 N–H and O–H groups in total. The lowest BCUT2D eigenvalue weighted by molar-refractivity contribution is -0.0172. The second-order valence-corrected chi connectivity index (χ2v) is 6.79. The fourth-order valence-electron chi connectivity index (χ4n) is 3.12. The number of benzene rings is 2. The Bertz CT molecular complexity index is 871. The largest absolute Gasteiger partial charge is 0.467 e. The Morgan fingerprint density at radius 1 is 1.25 bits per heavy atom. The first-order valence-corrected chi connectivity index (χ1v) is 9.23. The number of halogens is 2. The average molecular weight is 389 g/mol. The SMILES string of the molecule is CN=C(NCCc1cc(F)cc2c1OCOC2)NC(C)c1ccc(C)c(F)c1. The van der Waals surface area contributed by atoms with Gasteiger partial charge >= 0.3 is 0 Å². The minimum Gasteiger partial charge on any atom is -0.467 e. The van der Waals surface area contributed by atoms with Gasteiger partial charge in [0.15, 0.2) is 12.8 Å². The highest BCUT2D eigenvalue weighted by Gasteiger charge is 2.17. The summed E-state index contributed by atoms with van der Waals surface area (Å²) in [6.45, 7) is 4.73. The van der Waals surface area contributed by atoms with Crippen LogP contribution < -0.4 is 15.4 Å². The predicted octanol–water partition coefficient (Wildman–Crippen LogP) is 3.61. The molecule has 0 amide bonds. The van der Waals surface area contributed by atoms with Gasteiger partial charge in [-0.2, -0.15) is 0 Å². The summed E-state index contributed by atoms with van der Waals surface area (Å²) in [4.78, 5) is 4.21. The third-order valence-corrected chi connectivity index (χ3v) is 4.71. The highest BCUT2D eigenvalue weighted by atomic mass is 19.1. The van der Waals surface area contributed by atoms with Gasteiger partial charge in [0.05, 0.1) is 12.6 Å². The summed E-state index contributed by atoms with van der Waals surface area (Å²) in [5, 5.41) is 6.44. The zero-order valence-electron chi connectivity index (χ0n) is 16.3. The molecule has 2 aromatic carbocycles. The first kappa shape index (κ1) is 20.1. The fourth-order valence-corrected chi connectivity index (χ4v) is 3.12. The number of ether oxygens (including phenoxy) is 2. The van der Waals surface area contributed by atoms with E-state index in [0.29, 0.717) is 36.8 Å². The summed E-state index contributed by atoms with van der Waals surface area (Å²) in [5.74, 6) is 0.748. The Morgan fingerprint density at radius 3 is 2.82 bits per heavy atom. The number of rotatable bonds is 5. The summed E-state index contributed by atoms with van der Waals surface area (Å²) < 4.78 is 38.4. The van der Waals surface area contributed by atoms with Crippen LogP contribution in [-0.4, -0.2) is 26.3 Å². The van der Waals surface area contributed by atoms with Crippen LogP contribution in [0.25, 0.3) is 0 Å². The van der Waals surface area contributed by atoms with Gasteiger partial charge < -0.3 is 20.1 Å². The second-order valence-electron chi connectivity index (χ2n) is 6.79. The van der Waals surface area contributed by atoms with E-state index in [1.165, 1.54) is 18.2 Å². The molecule has 2 aromatic rings. The Hall–Kier alpha value is -2.67. The van der Waals surface area contributed by atoms with E-state index in [0.717, 1.165) is 16.7 Å². The highest BCUT2D eigenvalue weighted by Crippen LogP contribution is 2.29. The van der Waals surface area contributed by atoms with Crippen LogP contribution in [0.2, 0.25) is 0 Å². The van der Waals surface area contributed by atoms with Crippen LogP contribution in [0.15, 0.2) is 35.3 Å². The molecule has 0 aliphatic carbocycles. The number of nitrogens with zero attached hydrogens (tertiary/aromatic N) is 1. The normalized spacial score (nSPS) is 14.8. The molecule has 28 heavy (non-hydrogen) atoms. The quantitative estimate of drug-likeness (QED) is 0.606. The molecule has 150 valence electrons. The van der Waals surface area contributed by atoms with Crippen LogP contribution in [0, 0.1) is 18.6 Å². The van der Waals surface area contributed by atoms with Gasteiger partial charge in [-0.3, -0.25) is 4.99 Å². The van der Waals surface area contributed by atoms with Crippen LogP contribution in [-0.2, 0) is 17.8 Å². The van der Waals surface area contributed by atoms with E-state index in [1.807, 2.05) is 13.0 Å². The molecular formula is C21H25F2N3O2. The average Bonchev–Trinajstić information content (AvgIpc) is 2.68. The minimum absolute atomic E-state index is 0.122. The van der Waals surface area contributed by atoms with E-state index in [2.05, 4.69) is 15.6 Å². The smallest absolute Gasteiger partial charge is 0.191 e. The van der Waals surface area contributed by atoms with Gasteiger partial charge in [0.1, 0.15) is 17.4 Å². The Balaban J connectivity index is 1.59. The van der Waals surface area contributed by atoms with Gasteiger partial charge in [0, 0.05) is 19.2 Å². The molecule has 1 unspecified atom stereocenters. The molecule has 0 spiro atoms. The van der Waals surface area contributed by atoms with Crippen molar-refractivity contribution in [2.45, 2.75) is 32.9 Å². The maximum atomic E-state index is 13.8. The first-order valence-electron chi connectivity index (χ1n) is 9.23. The van der Waals surface area contributed by atoms with Gasteiger partial charge in [-0.25, -0.2) is 8.78 Å². The first-order chi connectivity index (χ1) is 13.5. The number of nitrogens with one attached hydrogen (secondary N) is 2. The molecule has 1 aliphatic heterocycles. The Kier molecular flexibility index (Phi) is 6.46. The summed E-state index contributed by atoms with van der Waals surface area (Å²) in [7, 11) is 1.67. The van der Waals surface area contributed by atoms with E-state index < -0.39 is 0 Å². The summed E-state index contributed by atoms with van der Waals surface area (Å²) in [5.41, 5.74) is 2.96. The molecule has 0 saturated heterocycles. The van der Waals surface area contributed by atoms with Crippen molar-refractivity contribution in [2.24, 2.45) is 4.99 Å². The van der Waals surface area contributed by atoms with Crippen molar-refractivity contribution in [2.75, 3.05) is 20.4 Å². The second kappa shape index (κ2) is 9.01. The van der Waals surface area contributed by atoms with Crippen molar-refractivity contribution in [3.8, 4) is 5.75 Å². The zero-order valence-corrected chi connectivity index (χ0v) is 16.3. The van der Waals surface area contributed by atoms with Crippen molar-refractivity contribution < 1.29 is 18.3 Å². The van der Waals surface area contributed by atoms with Crippen molar-refractivity contribution in [3.63, 3.8) is 0 Å². The molecule has 5 nitrogen and oxygen atoms in total. The summed E-state index contributed by atoms with van der Waals surface area (Å²) in [6.07, 6.45) is 0.564. The Labute approximate surface area is 163 Å². The Morgan fingerprint density at radius 2 is 2.07 bits per heavy atom. The van der Waals surface area contributed by atoms with E-state index in [-0.39, 0.29) is 24.5 Å². The maximum Gasteiger partial charge on any atom is 0.191 e. The van der Waals surface area contributed by atoms with Crippen molar-refractivity contribution >= 4 is 5.96 Å². The van der Waals surface area contributed by atoms with Crippen molar-refractivity contribution in [1.82, 2.24) is 10.6 Å². The van der Waals surface area contributed by atoms with Crippen molar-refractivity contribution in [3.05, 3.63) is 64.2 Å².